The zero-order valence-electron chi connectivity index (χ0n) is 20.2. The second-order valence-corrected chi connectivity index (χ2v) is 8.06. The number of ether oxygens (including phenoxy) is 5. The summed E-state index contributed by atoms with van der Waals surface area (Å²) in [7, 11) is 4.40. The average Bonchev–Trinajstić information content (AvgIpc) is 2.89. The fraction of sp³-hybridized carbons (Fsp3) is 0.192. The quantitative estimate of drug-likeness (QED) is 0.164. The van der Waals surface area contributed by atoms with Crippen LogP contribution >= 0.6 is 15.9 Å². The molecular formula is C26H25BrN2O7. The molecule has 10 heteroatoms. The topological polar surface area (TPSA) is 105 Å². The van der Waals surface area contributed by atoms with E-state index < -0.39 is 5.97 Å². The fourth-order valence-electron chi connectivity index (χ4n) is 3.15. The monoisotopic (exact) mass is 556 g/mol. The van der Waals surface area contributed by atoms with E-state index in [9.17, 15) is 9.59 Å². The van der Waals surface area contributed by atoms with Gasteiger partial charge in [-0.1, -0.05) is 15.9 Å². The molecule has 0 atom stereocenters. The third kappa shape index (κ3) is 6.54. The number of amides is 1. The Morgan fingerprint density at radius 1 is 0.861 bits per heavy atom. The van der Waals surface area contributed by atoms with E-state index >= 15 is 0 Å². The van der Waals surface area contributed by atoms with Gasteiger partial charge in [0, 0.05) is 10.0 Å². The van der Waals surface area contributed by atoms with Gasteiger partial charge in [0.1, 0.15) is 0 Å². The van der Waals surface area contributed by atoms with Gasteiger partial charge in [0.2, 0.25) is 5.75 Å². The molecule has 0 saturated carbocycles. The maximum Gasteiger partial charge on any atom is 0.343 e. The lowest BCUT2D eigenvalue weighted by molar-refractivity contribution is 0.0727. The molecule has 1 amide bonds. The van der Waals surface area contributed by atoms with Crippen molar-refractivity contribution < 1.29 is 33.3 Å². The van der Waals surface area contributed by atoms with Crippen molar-refractivity contribution in [1.82, 2.24) is 5.43 Å². The van der Waals surface area contributed by atoms with E-state index in [2.05, 4.69) is 26.5 Å². The van der Waals surface area contributed by atoms with E-state index in [4.69, 9.17) is 23.7 Å². The number of halogens is 1. The summed E-state index contributed by atoms with van der Waals surface area (Å²) in [6, 6.07) is 14.8. The molecule has 188 valence electrons. The van der Waals surface area contributed by atoms with Crippen molar-refractivity contribution in [1.29, 1.82) is 0 Å². The van der Waals surface area contributed by atoms with Gasteiger partial charge < -0.3 is 23.7 Å². The first-order valence-electron chi connectivity index (χ1n) is 10.8. The van der Waals surface area contributed by atoms with E-state index in [-0.39, 0.29) is 17.2 Å². The fourth-order valence-corrected chi connectivity index (χ4v) is 3.41. The lowest BCUT2D eigenvalue weighted by Crippen LogP contribution is -2.17. The molecule has 0 aromatic heterocycles. The van der Waals surface area contributed by atoms with Crippen LogP contribution in [0.2, 0.25) is 0 Å². The summed E-state index contributed by atoms with van der Waals surface area (Å²) >= 11 is 3.33. The minimum Gasteiger partial charge on any atom is -0.493 e. The first-order valence-corrected chi connectivity index (χ1v) is 11.6. The zero-order chi connectivity index (χ0) is 26.1. The Balaban J connectivity index is 1.77. The highest BCUT2D eigenvalue weighted by molar-refractivity contribution is 9.10. The highest BCUT2D eigenvalue weighted by atomic mass is 79.9. The normalized spacial score (nSPS) is 10.6. The number of hydrazone groups is 1. The second-order valence-electron chi connectivity index (χ2n) is 7.15. The van der Waals surface area contributed by atoms with Gasteiger partial charge in [-0.2, -0.15) is 5.10 Å². The molecular weight excluding hydrogens is 532 g/mol. The van der Waals surface area contributed by atoms with Crippen molar-refractivity contribution >= 4 is 34.0 Å². The van der Waals surface area contributed by atoms with Crippen LogP contribution in [0.25, 0.3) is 0 Å². The molecule has 3 aromatic rings. The Bertz CT molecular complexity index is 1230. The number of nitrogens with zero attached hydrogens (tertiary/aromatic N) is 1. The van der Waals surface area contributed by atoms with Crippen LogP contribution in [-0.4, -0.2) is 46.0 Å². The summed E-state index contributed by atoms with van der Waals surface area (Å²) in [5.74, 6) is 0.574. The Morgan fingerprint density at radius 3 is 2.11 bits per heavy atom. The van der Waals surface area contributed by atoms with Gasteiger partial charge >= 0.3 is 5.97 Å². The van der Waals surface area contributed by atoms with Crippen LogP contribution in [0.4, 0.5) is 0 Å². The third-order valence-electron chi connectivity index (χ3n) is 4.86. The van der Waals surface area contributed by atoms with Gasteiger partial charge in [-0.3, -0.25) is 4.79 Å². The van der Waals surface area contributed by atoms with Crippen LogP contribution in [-0.2, 0) is 0 Å². The summed E-state index contributed by atoms with van der Waals surface area (Å²) in [6.45, 7) is 2.15. The number of hydrogen-bond donors (Lipinski definition) is 1. The van der Waals surface area contributed by atoms with Crippen molar-refractivity contribution in [3.8, 4) is 28.7 Å². The van der Waals surface area contributed by atoms with Crippen molar-refractivity contribution in [2.24, 2.45) is 5.10 Å². The number of methoxy groups -OCH3 is 3. The molecule has 1 N–H and O–H groups in total. The molecule has 9 nitrogen and oxygen atoms in total. The highest BCUT2D eigenvalue weighted by Gasteiger charge is 2.20. The molecule has 3 aromatic carbocycles. The van der Waals surface area contributed by atoms with Gasteiger partial charge in [-0.15, -0.1) is 0 Å². The molecule has 0 aliphatic carbocycles. The van der Waals surface area contributed by atoms with Crippen LogP contribution in [0.3, 0.4) is 0 Å². The van der Waals surface area contributed by atoms with Crippen molar-refractivity contribution in [2.45, 2.75) is 6.92 Å². The van der Waals surface area contributed by atoms with Crippen molar-refractivity contribution in [3.05, 3.63) is 75.8 Å². The number of carbonyl (C=O) groups excluding carboxylic acids is 2. The molecule has 0 radical (unpaired) electrons. The van der Waals surface area contributed by atoms with Crippen molar-refractivity contribution in [2.75, 3.05) is 27.9 Å². The first kappa shape index (κ1) is 26.6. The summed E-state index contributed by atoms with van der Waals surface area (Å²) in [5.41, 5.74) is 3.77. The lowest BCUT2D eigenvalue weighted by atomic mass is 10.1. The molecule has 0 unspecified atom stereocenters. The van der Waals surface area contributed by atoms with Crippen molar-refractivity contribution in [3.63, 3.8) is 0 Å². The Kier molecular flexibility index (Phi) is 9.29. The molecule has 0 fully saturated rings. The largest absolute Gasteiger partial charge is 0.493 e. The second kappa shape index (κ2) is 12.6. The number of hydrogen-bond acceptors (Lipinski definition) is 8. The van der Waals surface area contributed by atoms with E-state index in [0.717, 1.165) is 4.47 Å². The number of rotatable bonds is 10. The highest BCUT2D eigenvalue weighted by Crippen LogP contribution is 2.38. The van der Waals surface area contributed by atoms with Crippen LogP contribution in [0.15, 0.2) is 64.2 Å². The molecule has 0 aliphatic rings. The van der Waals surface area contributed by atoms with Gasteiger partial charge in [0.05, 0.1) is 39.7 Å². The predicted octanol–water partition coefficient (Wildman–Crippen LogP) is 4.86. The molecule has 36 heavy (non-hydrogen) atoms. The van der Waals surface area contributed by atoms with Gasteiger partial charge in [-0.05, 0) is 67.1 Å². The maximum absolute atomic E-state index is 12.9. The Labute approximate surface area is 217 Å². The lowest BCUT2D eigenvalue weighted by Gasteiger charge is -2.15. The van der Waals surface area contributed by atoms with E-state index in [0.29, 0.717) is 40.7 Å². The van der Waals surface area contributed by atoms with E-state index in [1.165, 1.54) is 39.7 Å². The zero-order valence-corrected chi connectivity index (χ0v) is 21.7. The first-order chi connectivity index (χ1) is 17.4. The smallest absolute Gasteiger partial charge is 0.343 e. The summed E-state index contributed by atoms with van der Waals surface area (Å²) in [4.78, 5) is 25.1. The summed E-state index contributed by atoms with van der Waals surface area (Å²) < 4.78 is 28.0. The number of carbonyl (C=O) groups is 2. The predicted molar refractivity (Wildman–Crippen MR) is 138 cm³/mol. The molecule has 0 aliphatic heterocycles. The number of nitrogens with one attached hydrogen (secondary N) is 1. The molecule has 0 bridgehead atoms. The minimum absolute atomic E-state index is 0.202. The average molecular weight is 557 g/mol. The standard InChI is InChI=1S/C26H25BrN2O7/c1-5-35-21-12-16(15-28-29-25(30)17-7-9-19(27)10-8-17)6-11-20(21)36-26(31)18-13-22(32-2)24(34-4)23(14-18)33-3/h6-15H,5H2,1-4H3,(H,29,30)/b28-15+. The van der Waals surface area contributed by atoms with Crippen LogP contribution < -0.4 is 29.1 Å². The van der Waals surface area contributed by atoms with Gasteiger partial charge in [0.25, 0.3) is 5.91 Å². The maximum atomic E-state index is 12.9. The molecule has 0 heterocycles. The van der Waals surface area contributed by atoms with Gasteiger partial charge in [0.15, 0.2) is 23.0 Å². The number of esters is 1. The number of benzene rings is 3. The summed E-state index contributed by atoms with van der Waals surface area (Å²) in [6.07, 6.45) is 1.46. The van der Waals surface area contributed by atoms with Crippen LogP contribution in [0, 0.1) is 0 Å². The van der Waals surface area contributed by atoms with E-state index in [1.807, 2.05) is 6.92 Å². The SMILES string of the molecule is CCOc1cc(/C=N/NC(=O)c2ccc(Br)cc2)ccc1OC(=O)c1cc(OC)c(OC)c(OC)c1. The molecule has 3 rings (SSSR count). The van der Waals surface area contributed by atoms with Crippen LogP contribution in [0.5, 0.6) is 28.7 Å². The Morgan fingerprint density at radius 2 is 1.53 bits per heavy atom. The molecule has 0 saturated heterocycles. The van der Waals surface area contributed by atoms with Crippen LogP contribution in [0.1, 0.15) is 33.2 Å². The summed E-state index contributed by atoms with van der Waals surface area (Å²) in [5, 5.41) is 4.00. The third-order valence-corrected chi connectivity index (χ3v) is 5.39. The Hall–Kier alpha value is -4.05. The van der Waals surface area contributed by atoms with Gasteiger partial charge in [-0.25, -0.2) is 10.2 Å². The minimum atomic E-state index is -0.640. The molecule has 0 spiro atoms. The van der Waals surface area contributed by atoms with E-state index in [1.54, 1.807) is 42.5 Å².